The summed E-state index contributed by atoms with van der Waals surface area (Å²) in [4.78, 5) is 12.3. The molecule has 0 aromatic heterocycles. The molecule has 0 aliphatic rings. The summed E-state index contributed by atoms with van der Waals surface area (Å²) in [6.45, 7) is 5.40. The summed E-state index contributed by atoms with van der Waals surface area (Å²) in [5.41, 5.74) is 6.82. The fourth-order valence-corrected chi connectivity index (χ4v) is 1.72. The number of carbonyl (C=O) groups is 1. The van der Waals surface area contributed by atoms with Crippen molar-refractivity contribution in [3.8, 4) is 0 Å². The van der Waals surface area contributed by atoms with Gasteiger partial charge in [0.1, 0.15) is 5.60 Å². The normalized spacial score (nSPS) is 12.1. The molecule has 1 aromatic carbocycles. The number of ether oxygens (including phenoxy) is 1. The Labute approximate surface area is 126 Å². The van der Waals surface area contributed by atoms with Gasteiger partial charge in [0, 0.05) is 19.9 Å². The monoisotopic (exact) mass is 291 g/mol. The van der Waals surface area contributed by atoms with Gasteiger partial charge in [-0.2, -0.15) is 0 Å². The van der Waals surface area contributed by atoms with Crippen LogP contribution in [-0.2, 0) is 18.8 Å². The van der Waals surface area contributed by atoms with Gasteiger partial charge < -0.3 is 19.8 Å². The molecule has 0 fully saturated rings. The zero-order valence-electron chi connectivity index (χ0n) is 13.2. The number of nitrogens with two attached hydrogens (primary N) is 1. The summed E-state index contributed by atoms with van der Waals surface area (Å²) >= 11 is 0. The van der Waals surface area contributed by atoms with Crippen molar-refractivity contribution >= 4 is 24.9 Å². The Balaban J connectivity index is 3.20. The second-order valence-electron chi connectivity index (χ2n) is 5.53. The predicted octanol–water partition coefficient (Wildman–Crippen LogP) is 2.31. The van der Waals surface area contributed by atoms with Crippen molar-refractivity contribution in [1.82, 2.24) is 0 Å². The molecule has 0 saturated carbocycles. The first-order valence-corrected chi connectivity index (χ1v) is 6.63. The van der Waals surface area contributed by atoms with Gasteiger partial charge in [-0.05, 0) is 38.5 Å². The lowest BCUT2D eigenvalue weighted by Gasteiger charge is -2.22. The second-order valence-corrected chi connectivity index (χ2v) is 5.53. The van der Waals surface area contributed by atoms with Crippen LogP contribution in [0.5, 0.6) is 0 Å². The van der Waals surface area contributed by atoms with E-state index >= 15 is 0 Å². The van der Waals surface area contributed by atoms with Gasteiger partial charge in [0.05, 0.1) is 5.47 Å². The Morgan fingerprint density at radius 1 is 1.19 bits per heavy atom. The minimum Gasteiger partial charge on any atom is -0.457 e. The number of para-hydroxylation sites is 1. The van der Waals surface area contributed by atoms with Gasteiger partial charge >= 0.3 is 13.1 Å². The zero-order chi connectivity index (χ0) is 16.0. The lowest BCUT2D eigenvalue weighted by Crippen LogP contribution is -2.33. The van der Waals surface area contributed by atoms with Crippen LogP contribution in [0.1, 0.15) is 26.3 Å². The Bertz CT molecular complexity index is 519. The van der Waals surface area contributed by atoms with E-state index in [-0.39, 0.29) is 5.47 Å². The van der Waals surface area contributed by atoms with Gasteiger partial charge in [-0.3, -0.25) is 0 Å². The van der Waals surface area contributed by atoms with Crippen molar-refractivity contribution in [2.24, 2.45) is 0 Å². The molecular weight excluding hydrogens is 269 g/mol. The van der Waals surface area contributed by atoms with Gasteiger partial charge in [0.2, 0.25) is 0 Å². The van der Waals surface area contributed by atoms with Crippen LogP contribution >= 0.6 is 0 Å². The van der Waals surface area contributed by atoms with Crippen molar-refractivity contribution in [2.75, 3.05) is 20.0 Å². The molecule has 0 spiro atoms. The molecule has 21 heavy (non-hydrogen) atoms. The van der Waals surface area contributed by atoms with Crippen LogP contribution in [0.4, 0.5) is 5.69 Å². The summed E-state index contributed by atoms with van der Waals surface area (Å²) in [6.07, 6.45) is 1.63. The Kier molecular flexibility index (Phi) is 5.99. The lowest BCUT2D eigenvalue weighted by molar-refractivity contribution is -0.149. The third-order valence-electron chi connectivity index (χ3n) is 2.62. The summed E-state index contributed by atoms with van der Waals surface area (Å²) in [5.74, 6) is -0.501. The molecule has 114 valence electrons. The molecule has 2 N–H and O–H groups in total. The van der Waals surface area contributed by atoms with E-state index in [0.717, 1.165) is 0 Å². The third-order valence-corrected chi connectivity index (χ3v) is 2.62. The third kappa shape index (κ3) is 5.25. The number of nitrogen functional groups attached to an aromatic ring is 1. The van der Waals surface area contributed by atoms with Crippen molar-refractivity contribution < 1.29 is 18.8 Å². The molecule has 0 unspecified atom stereocenters. The highest BCUT2D eigenvalue weighted by Gasteiger charge is 2.31. The molecule has 1 rings (SSSR count). The first-order valence-electron chi connectivity index (χ1n) is 6.63. The van der Waals surface area contributed by atoms with Crippen LogP contribution in [0.25, 0.3) is 6.08 Å². The van der Waals surface area contributed by atoms with Gasteiger partial charge in [-0.25, -0.2) is 4.79 Å². The van der Waals surface area contributed by atoms with Gasteiger partial charge in [-0.1, -0.05) is 18.2 Å². The van der Waals surface area contributed by atoms with Crippen molar-refractivity contribution in [3.63, 3.8) is 0 Å². The maximum absolute atomic E-state index is 12.3. The molecule has 0 aliphatic carbocycles. The van der Waals surface area contributed by atoms with E-state index in [1.165, 1.54) is 14.2 Å². The molecule has 0 atom stereocenters. The molecule has 0 heterocycles. The number of rotatable bonds is 5. The first-order chi connectivity index (χ1) is 9.78. The maximum Gasteiger partial charge on any atom is 0.500 e. The summed E-state index contributed by atoms with van der Waals surface area (Å²) in [5, 5.41) is 0. The Hall–Kier alpha value is -1.79. The second kappa shape index (κ2) is 7.29. The highest BCUT2D eigenvalue weighted by Crippen LogP contribution is 2.20. The van der Waals surface area contributed by atoms with E-state index in [9.17, 15) is 4.79 Å². The minimum absolute atomic E-state index is 0.257. The molecule has 0 radical (unpaired) electrons. The van der Waals surface area contributed by atoms with Gasteiger partial charge in [0.15, 0.2) is 0 Å². The van der Waals surface area contributed by atoms with Crippen molar-refractivity contribution in [3.05, 3.63) is 35.3 Å². The van der Waals surface area contributed by atoms with E-state index < -0.39 is 18.7 Å². The van der Waals surface area contributed by atoms with Crippen LogP contribution in [0.2, 0.25) is 0 Å². The van der Waals surface area contributed by atoms with Crippen LogP contribution in [0, 0.1) is 0 Å². The van der Waals surface area contributed by atoms with E-state index in [4.69, 9.17) is 19.8 Å². The van der Waals surface area contributed by atoms with E-state index in [1.54, 1.807) is 32.9 Å². The van der Waals surface area contributed by atoms with E-state index in [0.29, 0.717) is 11.3 Å². The van der Waals surface area contributed by atoms with Crippen LogP contribution in [0.3, 0.4) is 0 Å². The largest absolute Gasteiger partial charge is 0.500 e. The fourth-order valence-electron chi connectivity index (χ4n) is 1.72. The number of carbonyl (C=O) groups excluding carboxylic acids is 1. The molecule has 0 amide bonds. The number of hydrogen-bond donors (Lipinski definition) is 1. The van der Waals surface area contributed by atoms with Gasteiger partial charge in [0.25, 0.3) is 0 Å². The molecular formula is C15H22BNO4. The summed E-state index contributed by atoms with van der Waals surface area (Å²) < 4.78 is 15.7. The molecule has 0 aliphatic heterocycles. The van der Waals surface area contributed by atoms with E-state index in [2.05, 4.69) is 0 Å². The number of esters is 1. The van der Waals surface area contributed by atoms with Crippen molar-refractivity contribution in [1.29, 1.82) is 0 Å². The summed E-state index contributed by atoms with van der Waals surface area (Å²) in [7, 11) is 2.10. The zero-order valence-corrected chi connectivity index (χ0v) is 13.2. The average Bonchev–Trinajstić information content (AvgIpc) is 2.39. The molecule has 6 heteroatoms. The SMILES string of the molecule is COB(OC)/C(=C/c1ccccc1N)C(=O)OC(C)(C)C. The van der Waals surface area contributed by atoms with Crippen LogP contribution in [0.15, 0.2) is 29.7 Å². The Morgan fingerprint density at radius 3 is 2.24 bits per heavy atom. The fraction of sp³-hybridized carbons (Fsp3) is 0.400. The molecule has 0 saturated heterocycles. The topological polar surface area (TPSA) is 70.8 Å². The van der Waals surface area contributed by atoms with Gasteiger partial charge in [-0.15, -0.1) is 0 Å². The smallest absolute Gasteiger partial charge is 0.457 e. The Morgan fingerprint density at radius 2 is 1.76 bits per heavy atom. The quantitative estimate of drug-likeness (QED) is 0.390. The minimum atomic E-state index is -0.820. The highest BCUT2D eigenvalue weighted by molar-refractivity contribution is 6.61. The van der Waals surface area contributed by atoms with Crippen LogP contribution in [-0.4, -0.2) is 32.9 Å². The number of hydrogen-bond acceptors (Lipinski definition) is 5. The number of benzene rings is 1. The standard InChI is InChI=1S/C15H22BNO4/c1-15(2,3)21-14(18)12(16(19-4)20-5)10-11-8-6-7-9-13(11)17/h6-10H,17H2,1-5H3/b12-10+. The van der Waals surface area contributed by atoms with Crippen LogP contribution < -0.4 is 5.73 Å². The number of anilines is 1. The lowest BCUT2D eigenvalue weighted by atomic mass is 9.76. The predicted molar refractivity (Wildman–Crippen MR) is 84.4 cm³/mol. The summed E-state index contributed by atoms with van der Waals surface area (Å²) in [6, 6.07) is 7.22. The first kappa shape index (κ1) is 17.3. The highest BCUT2D eigenvalue weighted by atomic mass is 16.6. The molecule has 1 aromatic rings. The van der Waals surface area contributed by atoms with E-state index in [1.807, 2.05) is 18.2 Å². The molecule has 0 bridgehead atoms. The van der Waals surface area contributed by atoms with Crippen molar-refractivity contribution in [2.45, 2.75) is 26.4 Å². The molecule has 5 nitrogen and oxygen atoms in total. The average molecular weight is 291 g/mol. The maximum atomic E-state index is 12.3.